The molecule has 0 N–H and O–H groups in total. The minimum atomic E-state index is -3.76. The van der Waals surface area contributed by atoms with Crippen LogP contribution in [0, 0.1) is 12.8 Å². The normalized spacial score (nSPS) is 17.7. The van der Waals surface area contributed by atoms with Crippen LogP contribution in [0.3, 0.4) is 0 Å². The number of ether oxygens (including phenoxy) is 1. The second kappa shape index (κ2) is 7.43. The first-order valence-electron chi connectivity index (χ1n) is 9.07. The van der Waals surface area contributed by atoms with Crippen LogP contribution in [0.15, 0.2) is 71.6 Å². The van der Waals surface area contributed by atoms with E-state index in [2.05, 4.69) is 30.3 Å². The van der Waals surface area contributed by atoms with Gasteiger partial charge in [-0.3, -0.25) is 4.18 Å². The van der Waals surface area contributed by atoms with Crippen molar-refractivity contribution in [2.24, 2.45) is 5.92 Å². The van der Waals surface area contributed by atoms with Gasteiger partial charge in [-0.25, -0.2) is 0 Å². The molecule has 1 fully saturated rings. The molecule has 0 radical (unpaired) electrons. The molecule has 4 nitrogen and oxygen atoms in total. The predicted octanol–water partition coefficient (Wildman–Crippen LogP) is 4.11. The number of fused-ring (bicyclic) bond motifs is 1. The fourth-order valence-corrected chi connectivity index (χ4v) is 4.20. The molecule has 0 saturated carbocycles. The molecule has 0 unspecified atom stereocenters. The third-order valence-corrected chi connectivity index (χ3v) is 6.24. The van der Waals surface area contributed by atoms with Crippen LogP contribution >= 0.6 is 0 Å². The second-order valence-electron chi connectivity index (χ2n) is 7.07. The van der Waals surface area contributed by atoms with Gasteiger partial charge in [-0.15, -0.1) is 0 Å². The highest BCUT2D eigenvalue weighted by atomic mass is 32.2. The lowest BCUT2D eigenvalue weighted by atomic mass is 9.95. The van der Waals surface area contributed by atoms with E-state index in [0.29, 0.717) is 6.61 Å². The maximum atomic E-state index is 12.5. The molecule has 140 valence electrons. The Kier molecular flexibility index (Phi) is 5.00. The number of benzene rings is 3. The molecule has 3 aromatic carbocycles. The zero-order valence-electron chi connectivity index (χ0n) is 15.2. The molecule has 2 atom stereocenters. The average molecular weight is 382 g/mol. The summed E-state index contributed by atoms with van der Waals surface area (Å²) < 4.78 is 35.7. The summed E-state index contributed by atoms with van der Waals surface area (Å²) in [5, 5.41) is 2.37. The highest BCUT2D eigenvalue weighted by Gasteiger charge is 2.34. The molecule has 3 aromatic rings. The van der Waals surface area contributed by atoms with Gasteiger partial charge < -0.3 is 4.74 Å². The quantitative estimate of drug-likeness (QED) is 0.456. The highest BCUT2D eigenvalue weighted by molar-refractivity contribution is 7.86. The van der Waals surface area contributed by atoms with Gasteiger partial charge in [-0.1, -0.05) is 60.2 Å². The van der Waals surface area contributed by atoms with Gasteiger partial charge in [0.25, 0.3) is 10.1 Å². The van der Waals surface area contributed by atoms with Crippen molar-refractivity contribution in [3.8, 4) is 0 Å². The number of epoxide rings is 1. The van der Waals surface area contributed by atoms with Crippen molar-refractivity contribution in [2.75, 3.05) is 13.2 Å². The molecule has 0 spiro atoms. The summed E-state index contributed by atoms with van der Waals surface area (Å²) >= 11 is 0. The number of hydrogen-bond donors (Lipinski definition) is 0. The lowest BCUT2D eigenvalue weighted by Crippen LogP contribution is -2.21. The van der Waals surface area contributed by atoms with Gasteiger partial charge in [0.2, 0.25) is 0 Å². The molecular formula is C22H22O4S. The molecule has 1 aliphatic heterocycles. The summed E-state index contributed by atoms with van der Waals surface area (Å²) in [6, 6.07) is 21.2. The Balaban J connectivity index is 1.47. The number of hydrogen-bond acceptors (Lipinski definition) is 4. The Morgan fingerprint density at radius 3 is 2.44 bits per heavy atom. The van der Waals surface area contributed by atoms with Crippen LogP contribution in [0.25, 0.3) is 10.8 Å². The van der Waals surface area contributed by atoms with Crippen molar-refractivity contribution in [1.82, 2.24) is 0 Å². The van der Waals surface area contributed by atoms with Gasteiger partial charge in [-0.2, -0.15) is 8.42 Å². The molecule has 27 heavy (non-hydrogen) atoms. The van der Waals surface area contributed by atoms with E-state index in [1.165, 1.54) is 10.8 Å². The van der Waals surface area contributed by atoms with E-state index in [9.17, 15) is 8.42 Å². The zero-order valence-corrected chi connectivity index (χ0v) is 16.0. The van der Waals surface area contributed by atoms with Gasteiger partial charge in [0.05, 0.1) is 24.2 Å². The minimum Gasteiger partial charge on any atom is -0.373 e. The van der Waals surface area contributed by atoms with E-state index in [4.69, 9.17) is 8.92 Å². The second-order valence-corrected chi connectivity index (χ2v) is 8.68. The monoisotopic (exact) mass is 382 g/mol. The predicted molar refractivity (Wildman–Crippen MR) is 105 cm³/mol. The molecule has 1 saturated heterocycles. The molecule has 5 heteroatoms. The van der Waals surface area contributed by atoms with E-state index < -0.39 is 10.1 Å². The first-order valence-corrected chi connectivity index (χ1v) is 10.5. The van der Waals surface area contributed by atoms with Crippen LogP contribution in [0.4, 0.5) is 0 Å². The first-order chi connectivity index (χ1) is 13.0. The van der Waals surface area contributed by atoms with Gasteiger partial charge in [0.1, 0.15) is 0 Å². The fraction of sp³-hybridized carbons (Fsp3) is 0.273. The molecule has 0 bridgehead atoms. The van der Waals surface area contributed by atoms with E-state index in [1.54, 1.807) is 24.3 Å². The highest BCUT2D eigenvalue weighted by Crippen LogP contribution is 2.27. The van der Waals surface area contributed by atoms with Crippen molar-refractivity contribution >= 4 is 20.9 Å². The van der Waals surface area contributed by atoms with Gasteiger partial charge in [0, 0.05) is 5.92 Å². The molecule has 0 amide bonds. The van der Waals surface area contributed by atoms with E-state index >= 15 is 0 Å². The summed E-state index contributed by atoms with van der Waals surface area (Å²) in [7, 11) is -3.76. The largest absolute Gasteiger partial charge is 0.373 e. The van der Waals surface area contributed by atoms with Gasteiger partial charge >= 0.3 is 0 Å². The van der Waals surface area contributed by atoms with Crippen LogP contribution in [0.1, 0.15) is 11.1 Å². The van der Waals surface area contributed by atoms with Crippen LogP contribution < -0.4 is 0 Å². The Bertz CT molecular complexity index is 1040. The molecule has 1 aliphatic rings. The maximum absolute atomic E-state index is 12.5. The fourth-order valence-electron chi connectivity index (χ4n) is 3.24. The summed E-state index contributed by atoms with van der Waals surface area (Å²) in [5.41, 5.74) is 2.17. The van der Waals surface area contributed by atoms with Crippen molar-refractivity contribution in [3.63, 3.8) is 0 Å². The van der Waals surface area contributed by atoms with E-state index in [-0.39, 0.29) is 23.5 Å². The van der Waals surface area contributed by atoms with Crippen LogP contribution in [-0.4, -0.2) is 27.7 Å². The summed E-state index contributed by atoms with van der Waals surface area (Å²) in [5.74, 6) is 0.00591. The van der Waals surface area contributed by atoms with Crippen LogP contribution in [0.2, 0.25) is 0 Å². The van der Waals surface area contributed by atoms with Crippen LogP contribution in [-0.2, 0) is 25.5 Å². The Hall–Kier alpha value is -2.21. The summed E-state index contributed by atoms with van der Waals surface area (Å²) in [6.07, 6.45) is 0.781. The van der Waals surface area contributed by atoms with Gasteiger partial charge in [0.15, 0.2) is 0 Å². The summed E-state index contributed by atoms with van der Waals surface area (Å²) in [4.78, 5) is 0.189. The van der Waals surface area contributed by atoms with Crippen molar-refractivity contribution < 1.29 is 17.3 Å². The average Bonchev–Trinajstić information content (AvgIpc) is 3.50. The lowest BCUT2D eigenvalue weighted by molar-refractivity contribution is 0.214. The molecule has 0 aliphatic carbocycles. The van der Waals surface area contributed by atoms with E-state index in [1.807, 2.05) is 19.1 Å². The van der Waals surface area contributed by atoms with E-state index in [0.717, 1.165) is 17.5 Å². The van der Waals surface area contributed by atoms with Gasteiger partial charge in [-0.05, 0) is 41.8 Å². The Morgan fingerprint density at radius 1 is 1.04 bits per heavy atom. The zero-order chi connectivity index (χ0) is 18.9. The molecule has 0 aromatic heterocycles. The SMILES string of the molecule is Cc1ccc(S(=O)(=O)OC[C@@H](Cc2ccc3ccccc3c2)[C@@H]2CO2)cc1. The standard InChI is InChI=1S/C22H22O4S/c1-16-6-10-21(11-7-16)27(23,24)26-14-20(22-15-25-22)13-17-8-9-18-4-2-3-5-19(18)12-17/h2-12,20,22H,13-15H2,1H3/t20-,22+/m1/s1. The maximum Gasteiger partial charge on any atom is 0.296 e. The number of rotatable bonds is 7. The summed E-state index contributed by atoms with van der Waals surface area (Å²) in [6.45, 7) is 2.70. The third kappa shape index (κ3) is 4.38. The Morgan fingerprint density at radius 2 is 1.74 bits per heavy atom. The molecule has 4 rings (SSSR count). The number of aryl methyl sites for hydroxylation is 1. The van der Waals surface area contributed by atoms with Crippen molar-refractivity contribution in [2.45, 2.75) is 24.3 Å². The topological polar surface area (TPSA) is 55.9 Å². The first kappa shape index (κ1) is 18.2. The van der Waals surface area contributed by atoms with Crippen molar-refractivity contribution in [3.05, 3.63) is 77.9 Å². The Labute approximate surface area is 159 Å². The smallest absolute Gasteiger partial charge is 0.296 e. The minimum absolute atomic E-state index is 0.00591. The van der Waals surface area contributed by atoms with Crippen LogP contribution in [0.5, 0.6) is 0 Å². The molecule has 1 heterocycles. The van der Waals surface area contributed by atoms with Crippen molar-refractivity contribution in [1.29, 1.82) is 0 Å². The third-order valence-electron chi connectivity index (χ3n) is 4.94. The lowest BCUT2D eigenvalue weighted by Gasteiger charge is -2.15. The molecular weight excluding hydrogens is 360 g/mol.